The Hall–Kier alpha value is -1.71. The van der Waals surface area contributed by atoms with Crippen LogP contribution in [-0.4, -0.2) is 34.1 Å². The van der Waals surface area contributed by atoms with Crippen molar-refractivity contribution in [3.05, 3.63) is 54.7 Å². The smallest absolute Gasteiger partial charge is 0.0952 e. The summed E-state index contributed by atoms with van der Waals surface area (Å²) in [5, 5.41) is 12.1. The van der Waals surface area contributed by atoms with E-state index < -0.39 is 6.10 Å². The molecule has 3 atom stereocenters. The Kier molecular flexibility index (Phi) is 5.09. The van der Waals surface area contributed by atoms with Crippen LogP contribution in [0.15, 0.2) is 49.2 Å². The van der Waals surface area contributed by atoms with Gasteiger partial charge in [0.25, 0.3) is 0 Å². The Bertz CT molecular complexity index is 664. The molecule has 0 amide bonds. The number of piperidine rings is 1. The molecule has 1 aliphatic rings. The number of hydrogen-bond acceptors (Lipinski definition) is 3. The maximum atomic E-state index is 11.1. The monoisotopic (exact) mass is 310 g/mol. The molecule has 3 heteroatoms. The first-order chi connectivity index (χ1) is 11.2. The number of aliphatic hydroxyl groups is 1. The molecular weight excluding hydrogens is 284 g/mol. The quantitative estimate of drug-likeness (QED) is 0.850. The molecule has 0 unspecified atom stereocenters. The van der Waals surface area contributed by atoms with Gasteiger partial charge in [0.15, 0.2) is 0 Å². The molecule has 1 aromatic carbocycles. The summed E-state index contributed by atoms with van der Waals surface area (Å²) in [6.07, 6.45) is 6.70. The zero-order valence-corrected chi connectivity index (χ0v) is 13.9. The summed E-state index contributed by atoms with van der Waals surface area (Å²) in [5.41, 5.74) is 1.93. The highest BCUT2D eigenvalue weighted by molar-refractivity contribution is 5.82. The topological polar surface area (TPSA) is 36.4 Å². The SMILES string of the molecule is C=C[C@@H]1CCCN([C@H](CC)[C@@H](O)c2ccnc3ccccc23)C1. The van der Waals surface area contributed by atoms with Crippen LogP contribution < -0.4 is 0 Å². The number of rotatable bonds is 5. The van der Waals surface area contributed by atoms with Gasteiger partial charge in [0.1, 0.15) is 0 Å². The number of benzene rings is 1. The van der Waals surface area contributed by atoms with Gasteiger partial charge in [-0.05, 0) is 49.4 Å². The van der Waals surface area contributed by atoms with Gasteiger partial charge in [-0.3, -0.25) is 9.88 Å². The summed E-state index contributed by atoms with van der Waals surface area (Å²) in [4.78, 5) is 6.85. The molecule has 0 aliphatic carbocycles. The van der Waals surface area contributed by atoms with E-state index >= 15 is 0 Å². The number of aliphatic hydroxyl groups excluding tert-OH is 1. The van der Waals surface area contributed by atoms with Crippen molar-refractivity contribution in [2.75, 3.05) is 13.1 Å². The van der Waals surface area contributed by atoms with Crippen molar-refractivity contribution < 1.29 is 5.11 Å². The Balaban J connectivity index is 1.89. The van der Waals surface area contributed by atoms with Gasteiger partial charge >= 0.3 is 0 Å². The Labute approximate surface area is 138 Å². The first-order valence-corrected chi connectivity index (χ1v) is 8.63. The Morgan fingerprint density at radius 1 is 1.39 bits per heavy atom. The van der Waals surface area contributed by atoms with Gasteiger partial charge in [0.05, 0.1) is 11.6 Å². The summed E-state index contributed by atoms with van der Waals surface area (Å²) in [6, 6.07) is 10.2. The molecule has 0 saturated carbocycles. The van der Waals surface area contributed by atoms with Crippen molar-refractivity contribution in [2.45, 2.75) is 38.3 Å². The van der Waals surface area contributed by atoms with Crippen LogP contribution in [0.3, 0.4) is 0 Å². The maximum absolute atomic E-state index is 11.1. The fourth-order valence-electron chi connectivity index (χ4n) is 3.80. The summed E-state index contributed by atoms with van der Waals surface area (Å²) in [6.45, 7) is 8.17. The molecule has 2 heterocycles. The van der Waals surface area contributed by atoms with E-state index in [4.69, 9.17) is 0 Å². The molecule has 3 nitrogen and oxygen atoms in total. The minimum atomic E-state index is -0.489. The first kappa shape index (κ1) is 16.2. The lowest BCUT2D eigenvalue weighted by Crippen LogP contribution is -2.45. The van der Waals surface area contributed by atoms with E-state index in [1.807, 2.05) is 24.3 Å². The number of para-hydroxylation sites is 1. The molecule has 0 radical (unpaired) electrons. The molecule has 3 rings (SSSR count). The zero-order valence-electron chi connectivity index (χ0n) is 13.9. The lowest BCUT2D eigenvalue weighted by Gasteiger charge is -2.39. The minimum absolute atomic E-state index is 0.142. The highest BCUT2D eigenvalue weighted by Crippen LogP contribution is 2.31. The standard InChI is InChI=1S/C20H26N2O/c1-3-15-8-7-13-22(14-15)19(4-2)20(23)17-11-12-21-18-10-6-5-9-16(17)18/h3,5-6,9-12,15,19-20,23H,1,4,7-8,13-14H2,2H3/t15-,19-,20+/m1/s1. The van der Waals surface area contributed by atoms with Gasteiger partial charge in [-0.2, -0.15) is 0 Å². The molecular formula is C20H26N2O. The fraction of sp³-hybridized carbons (Fsp3) is 0.450. The number of hydrogen-bond donors (Lipinski definition) is 1. The van der Waals surface area contributed by atoms with Gasteiger partial charge in [-0.15, -0.1) is 6.58 Å². The second kappa shape index (κ2) is 7.24. The molecule has 2 aromatic rings. The normalized spacial score (nSPS) is 21.9. The van der Waals surface area contributed by atoms with Crippen LogP contribution in [0, 0.1) is 5.92 Å². The molecule has 0 spiro atoms. The number of pyridine rings is 1. The van der Waals surface area contributed by atoms with Crippen molar-refractivity contribution in [1.29, 1.82) is 0 Å². The van der Waals surface area contributed by atoms with Gasteiger partial charge in [0, 0.05) is 24.2 Å². The van der Waals surface area contributed by atoms with Crippen LogP contribution in [0.1, 0.15) is 37.9 Å². The summed E-state index contributed by atoms with van der Waals surface area (Å²) >= 11 is 0. The average molecular weight is 310 g/mol. The third-order valence-corrected chi connectivity index (χ3v) is 5.08. The molecule has 122 valence electrons. The Morgan fingerprint density at radius 2 is 2.22 bits per heavy atom. The van der Waals surface area contributed by atoms with Crippen molar-refractivity contribution >= 4 is 10.9 Å². The average Bonchev–Trinajstić information content (AvgIpc) is 2.62. The molecule has 1 N–H and O–H groups in total. The van der Waals surface area contributed by atoms with Crippen molar-refractivity contribution in [2.24, 2.45) is 5.92 Å². The number of nitrogens with zero attached hydrogens (tertiary/aromatic N) is 2. The molecule has 23 heavy (non-hydrogen) atoms. The largest absolute Gasteiger partial charge is 0.387 e. The van der Waals surface area contributed by atoms with Crippen molar-refractivity contribution in [1.82, 2.24) is 9.88 Å². The predicted octanol–water partition coefficient (Wildman–Crippen LogP) is 3.94. The minimum Gasteiger partial charge on any atom is -0.387 e. The third kappa shape index (κ3) is 3.31. The van der Waals surface area contributed by atoms with E-state index in [0.717, 1.165) is 36.0 Å². The summed E-state index contributed by atoms with van der Waals surface area (Å²) in [7, 11) is 0. The lowest BCUT2D eigenvalue weighted by atomic mass is 9.91. The third-order valence-electron chi connectivity index (χ3n) is 5.08. The fourth-order valence-corrected chi connectivity index (χ4v) is 3.80. The van der Waals surface area contributed by atoms with Gasteiger partial charge in [-0.1, -0.05) is 31.2 Å². The van der Waals surface area contributed by atoms with Crippen LogP contribution in [0.4, 0.5) is 0 Å². The van der Waals surface area contributed by atoms with Crippen LogP contribution in [0.5, 0.6) is 0 Å². The van der Waals surface area contributed by atoms with Gasteiger partial charge in [0.2, 0.25) is 0 Å². The van der Waals surface area contributed by atoms with E-state index in [9.17, 15) is 5.11 Å². The van der Waals surface area contributed by atoms with Crippen LogP contribution in [0.25, 0.3) is 10.9 Å². The molecule has 1 aromatic heterocycles. The number of likely N-dealkylation sites (tertiary alicyclic amines) is 1. The van der Waals surface area contributed by atoms with Crippen molar-refractivity contribution in [3.63, 3.8) is 0 Å². The van der Waals surface area contributed by atoms with Crippen LogP contribution >= 0.6 is 0 Å². The Morgan fingerprint density at radius 3 is 3.00 bits per heavy atom. The van der Waals surface area contributed by atoms with E-state index in [-0.39, 0.29) is 6.04 Å². The van der Waals surface area contributed by atoms with Crippen LogP contribution in [-0.2, 0) is 0 Å². The first-order valence-electron chi connectivity index (χ1n) is 8.63. The second-order valence-electron chi connectivity index (χ2n) is 6.47. The van der Waals surface area contributed by atoms with E-state index in [0.29, 0.717) is 5.92 Å². The van der Waals surface area contributed by atoms with E-state index in [1.54, 1.807) is 6.20 Å². The second-order valence-corrected chi connectivity index (χ2v) is 6.47. The lowest BCUT2D eigenvalue weighted by molar-refractivity contribution is 0.0278. The zero-order chi connectivity index (χ0) is 16.2. The highest BCUT2D eigenvalue weighted by Gasteiger charge is 2.30. The van der Waals surface area contributed by atoms with Gasteiger partial charge in [-0.25, -0.2) is 0 Å². The molecule has 1 fully saturated rings. The number of fused-ring (bicyclic) bond motifs is 1. The van der Waals surface area contributed by atoms with Crippen molar-refractivity contribution in [3.8, 4) is 0 Å². The summed E-state index contributed by atoms with van der Waals surface area (Å²) < 4.78 is 0. The number of aromatic nitrogens is 1. The molecule has 1 saturated heterocycles. The summed E-state index contributed by atoms with van der Waals surface area (Å²) in [5.74, 6) is 0.541. The highest BCUT2D eigenvalue weighted by atomic mass is 16.3. The molecule has 0 bridgehead atoms. The van der Waals surface area contributed by atoms with Gasteiger partial charge < -0.3 is 5.11 Å². The predicted molar refractivity (Wildman–Crippen MR) is 95.3 cm³/mol. The maximum Gasteiger partial charge on any atom is 0.0952 e. The van der Waals surface area contributed by atoms with E-state index in [1.165, 1.54) is 12.8 Å². The van der Waals surface area contributed by atoms with E-state index in [2.05, 4.69) is 35.5 Å². The molecule has 1 aliphatic heterocycles. The van der Waals surface area contributed by atoms with Crippen LogP contribution in [0.2, 0.25) is 0 Å².